The number of nitrogens with zero attached hydrogens (tertiary/aromatic N) is 4. The summed E-state index contributed by atoms with van der Waals surface area (Å²) in [4.78, 5) is 33.2. The molecule has 3 heterocycles. The highest BCUT2D eigenvalue weighted by Crippen LogP contribution is 2.39. The minimum atomic E-state index is -1.35. The summed E-state index contributed by atoms with van der Waals surface area (Å²) in [7, 11) is 0. The Balaban J connectivity index is 1.15. The molecule has 36 heavy (non-hydrogen) atoms. The summed E-state index contributed by atoms with van der Waals surface area (Å²) in [6.07, 6.45) is 3.54. The fourth-order valence-electron chi connectivity index (χ4n) is 4.45. The first kappa shape index (κ1) is 23.0. The summed E-state index contributed by atoms with van der Waals surface area (Å²) in [5, 5.41) is 16.1. The fourth-order valence-corrected chi connectivity index (χ4v) is 4.63. The van der Waals surface area contributed by atoms with Gasteiger partial charge in [-0.3, -0.25) is 14.3 Å². The molecule has 0 radical (unpaired) electrons. The maximum Gasteiger partial charge on any atom is 0.407 e. The number of carbonyl (C=O) groups excluding carboxylic acids is 2. The number of rotatable bonds is 7. The number of aromatic amines is 1. The maximum absolute atomic E-state index is 15.2. The van der Waals surface area contributed by atoms with Crippen molar-refractivity contribution in [2.75, 3.05) is 5.32 Å². The van der Waals surface area contributed by atoms with E-state index in [9.17, 15) is 9.59 Å². The Hall–Kier alpha value is -3.41. The van der Waals surface area contributed by atoms with Crippen molar-refractivity contribution in [1.82, 2.24) is 35.2 Å². The first-order valence-electron chi connectivity index (χ1n) is 12.1. The molecule has 11 nitrogen and oxygen atoms in total. The van der Waals surface area contributed by atoms with Crippen LogP contribution in [0.5, 0.6) is 0 Å². The molecule has 0 unspecified atom stereocenters. The monoisotopic (exact) mass is 516 g/mol. The van der Waals surface area contributed by atoms with Crippen LogP contribution >= 0.6 is 11.6 Å². The lowest BCUT2D eigenvalue weighted by molar-refractivity contribution is 0.0546. The molecule has 0 spiro atoms. The number of hydrogen-bond donors (Lipinski definition) is 4. The Labute approximate surface area is 210 Å². The number of halogens is 2. The Morgan fingerprint density at radius 2 is 2.03 bits per heavy atom. The second-order valence-electron chi connectivity index (χ2n) is 10.1. The average Bonchev–Trinajstić information content (AvgIpc) is 3.61. The van der Waals surface area contributed by atoms with Gasteiger partial charge < -0.3 is 20.7 Å². The molecule has 3 fully saturated rings. The Kier molecular flexibility index (Phi) is 5.51. The van der Waals surface area contributed by atoms with Crippen molar-refractivity contribution in [2.45, 2.75) is 75.2 Å². The number of amides is 2. The van der Waals surface area contributed by atoms with Gasteiger partial charge in [0.15, 0.2) is 5.82 Å². The lowest BCUT2D eigenvalue weighted by Gasteiger charge is -2.19. The number of imidazole rings is 1. The number of alkyl carbamates (subject to hydrolysis) is 1. The second-order valence-corrected chi connectivity index (χ2v) is 10.5. The highest BCUT2D eigenvalue weighted by molar-refractivity contribution is 6.29. The summed E-state index contributed by atoms with van der Waals surface area (Å²) < 4.78 is 22.1. The zero-order chi connectivity index (χ0) is 25.0. The number of fused-ring (bicyclic) bond motifs is 1. The van der Waals surface area contributed by atoms with E-state index in [1.165, 1.54) is 0 Å². The Bertz CT molecular complexity index is 1330. The minimum Gasteiger partial charge on any atom is -0.443 e. The molecule has 0 aromatic carbocycles. The molecular weight excluding hydrogens is 491 g/mol. The van der Waals surface area contributed by atoms with Crippen LogP contribution in [0.25, 0.3) is 5.65 Å². The fraction of sp³-hybridized carbons (Fsp3) is 0.522. The van der Waals surface area contributed by atoms with E-state index in [4.69, 9.17) is 16.3 Å². The molecule has 2 amide bonds. The Morgan fingerprint density at radius 1 is 1.22 bits per heavy atom. The summed E-state index contributed by atoms with van der Waals surface area (Å²) >= 11 is 6.17. The smallest absolute Gasteiger partial charge is 0.407 e. The number of carbonyl (C=O) groups is 2. The van der Waals surface area contributed by atoms with Crippen molar-refractivity contribution >= 4 is 41.0 Å². The zero-order valence-corrected chi connectivity index (χ0v) is 20.3. The molecule has 0 bridgehead atoms. The summed E-state index contributed by atoms with van der Waals surface area (Å²) in [6, 6.07) is 3.46. The van der Waals surface area contributed by atoms with Crippen LogP contribution in [-0.2, 0) is 4.74 Å². The molecule has 3 aliphatic carbocycles. The first-order chi connectivity index (χ1) is 17.3. The van der Waals surface area contributed by atoms with Crippen molar-refractivity contribution in [3.8, 4) is 0 Å². The van der Waals surface area contributed by atoms with E-state index < -0.39 is 24.3 Å². The lowest BCUT2D eigenvalue weighted by Crippen LogP contribution is -2.38. The van der Waals surface area contributed by atoms with Crippen molar-refractivity contribution in [1.29, 1.82) is 0 Å². The van der Waals surface area contributed by atoms with Crippen LogP contribution in [-0.4, -0.2) is 60.4 Å². The molecule has 3 atom stereocenters. The number of aromatic nitrogens is 5. The van der Waals surface area contributed by atoms with Gasteiger partial charge in [0.2, 0.25) is 5.95 Å². The van der Waals surface area contributed by atoms with Crippen LogP contribution in [0.3, 0.4) is 0 Å². The van der Waals surface area contributed by atoms with Crippen LogP contribution in [0.15, 0.2) is 18.3 Å². The normalized spacial score (nSPS) is 24.5. The summed E-state index contributed by atoms with van der Waals surface area (Å²) in [6.45, 7) is 1.94. The van der Waals surface area contributed by atoms with E-state index in [1.807, 2.05) is 6.92 Å². The standard InChI is InChI=1S/C23H26ClFN8O3/c1-23(6-7-23)30-22(35)36-15-5-4-12(19(15)25)13-8-17(32-31-13)29-21-28-16(24)9-18-27-14(10-33(18)21)20(34)26-11-2-3-11/h8-12,15,19H,2-7H2,1H3,(H,26,34)(H,30,35)(H2,28,29,31,32)/t12-,15-,19+/m0/s1. The predicted molar refractivity (Wildman–Crippen MR) is 128 cm³/mol. The van der Waals surface area contributed by atoms with E-state index >= 15 is 4.39 Å². The number of H-pyrrole nitrogens is 1. The van der Waals surface area contributed by atoms with Gasteiger partial charge in [-0.25, -0.2) is 19.2 Å². The second kappa shape index (κ2) is 8.61. The largest absolute Gasteiger partial charge is 0.443 e. The number of alkyl halides is 1. The van der Waals surface area contributed by atoms with Gasteiger partial charge in [0.1, 0.15) is 28.8 Å². The zero-order valence-electron chi connectivity index (χ0n) is 19.6. The van der Waals surface area contributed by atoms with Gasteiger partial charge in [-0.2, -0.15) is 5.10 Å². The molecule has 3 aromatic rings. The first-order valence-corrected chi connectivity index (χ1v) is 12.5. The summed E-state index contributed by atoms with van der Waals surface area (Å²) in [5.74, 6) is -0.0316. The highest BCUT2D eigenvalue weighted by Gasteiger charge is 2.43. The van der Waals surface area contributed by atoms with E-state index in [2.05, 4.69) is 36.1 Å². The van der Waals surface area contributed by atoms with Crippen molar-refractivity contribution in [3.63, 3.8) is 0 Å². The van der Waals surface area contributed by atoms with Crippen molar-refractivity contribution in [2.24, 2.45) is 0 Å². The van der Waals surface area contributed by atoms with E-state index in [0.29, 0.717) is 35.9 Å². The highest BCUT2D eigenvalue weighted by atomic mass is 35.5. The van der Waals surface area contributed by atoms with Gasteiger partial charge in [-0.1, -0.05) is 11.6 Å². The quantitative estimate of drug-likeness (QED) is 0.352. The number of hydrogen-bond acceptors (Lipinski definition) is 7. The number of ether oxygens (including phenoxy) is 1. The van der Waals surface area contributed by atoms with E-state index in [1.54, 1.807) is 22.7 Å². The third-order valence-corrected chi connectivity index (χ3v) is 7.16. The third kappa shape index (κ3) is 4.69. The molecule has 3 aromatic heterocycles. The van der Waals surface area contributed by atoms with Crippen molar-refractivity contribution in [3.05, 3.63) is 34.9 Å². The minimum absolute atomic E-state index is 0.193. The third-order valence-electron chi connectivity index (χ3n) is 6.97. The topological polar surface area (TPSA) is 138 Å². The van der Waals surface area contributed by atoms with Crippen LogP contribution in [0.2, 0.25) is 5.15 Å². The molecule has 4 N–H and O–H groups in total. The van der Waals surface area contributed by atoms with Gasteiger partial charge >= 0.3 is 6.09 Å². The van der Waals surface area contributed by atoms with Gasteiger partial charge in [0, 0.05) is 41.5 Å². The molecule has 13 heteroatoms. The molecule has 6 rings (SSSR count). The SMILES string of the molecule is CC1(NC(=O)O[C@H]2CC[C@@H](c3cc(Nc4nc(Cl)cc5nc(C(=O)NC6CC6)cn45)n[nH]3)[C@H]2F)CC1. The Morgan fingerprint density at radius 3 is 2.78 bits per heavy atom. The van der Waals surface area contributed by atoms with Crippen LogP contribution in [0, 0.1) is 0 Å². The predicted octanol–water partition coefficient (Wildman–Crippen LogP) is 3.60. The van der Waals surface area contributed by atoms with Crippen LogP contribution < -0.4 is 16.0 Å². The average molecular weight is 517 g/mol. The lowest BCUT2D eigenvalue weighted by atomic mass is 10.0. The van der Waals surface area contributed by atoms with Crippen LogP contribution in [0.4, 0.5) is 21.0 Å². The maximum atomic E-state index is 15.2. The number of anilines is 2. The molecule has 0 saturated heterocycles. The molecule has 3 saturated carbocycles. The summed E-state index contributed by atoms with van der Waals surface area (Å²) in [5.41, 5.74) is 1.07. The molecular formula is C23H26ClFN8O3. The van der Waals surface area contributed by atoms with Gasteiger partial charge in [0.25, 0.3) is 5.91 Å². The number of nitrogens with one attached hydrogen (secondary N) is 4. The van der Waals surface area contributed by atoms with Gasteiger partial charge in [-0.05, 0) is 45.4 Å². The van der Waals surface area contributed by atoms with Gasteiger partial charge in [-0.15, -0.1) is 0 Å². The van der Waals surface area contributed by atoms with E-state index in [0.717, 1.165) is 25.7 Å². The van der Waals surface area contributed by atoms with Crippen molar-refractivity contribution < 1.29 is 18.7 Å². The van der Waals surface area contributed by atoms with E-state index in [-0.39, 0.29) is 28.3 Å². The molecule has 190 valence electrons. The molecule has 0 aliphatic heterocycles. The molecule has 3 aliphatic rings. The van der Waals surface area contributed by atoms with Gasteiger partial charge in [0.05, 0.1) is 0 Å². The van der Waals surface area contributed by atoms with Crippen LogP contribution in [0.1, 0.15) is 67.5 Å².